The molecule has 0 aliphatic carbocycles. The number of carbonyl (C=O) groups excluding carboxylic acids is 1. The fraction of sp³-hybridized carbons (Fsp3) is 0.364. The third-order valence-electron chi connectivity index (χ3n) is 2.46. The number of unbranched alkanes of at least 4 members (excludes halogenated alkanes) is 1. The zero-order chi connectivity index (χ0) is 15.5. The van der Waals surface area contributed by atoms with Crippen molar-refractivity contribution in [2.24, 2.45) is 5.14 Å². The Morgan fingerprint density at radius 1 is 1.45 bits per heavy atom. The topological polar surface area (TPSA) is 89.3 Å². The normalized spacial score (nSPS) is 11.4. The number of sulfonamides is 1. The van der Waals surface area contributed by atoms with E-state index in [1.807, 2.05) is 6.92 Å². The van der Waals surface area contributed by atoms with Gasteiger partial charge in [-0.1, -0.05) is 13.3 Å². The lowest BCUT2D eigenvalue weighted by Gasteiger charge is -2.10. The number of nitrogens with two attached hydrogens (primary N) is 1. The van der Waals surface area contributed by atoms with Crippen LogP contribution in [0, 0.1) is 11.6 Å². The second kappa shape index (κ2) is 6.59. The van der Waals surface area contributed by atoms with Gasteiger partial charge in [0, 0.05) is 11.0 Å². The minimum Gasteiger partial charge on any atom is -0.352 e. The lowest BCUT2D eigenvalue weighted by atomic mass is 10.2. The van der Waals surface area contributed by atoms with Gasteiger partial charge in [0.15, 0.2) is 5.82 Å². The second-order valence-electron chi connectivity index (χ2n) is 4.01. The van der Waals surface area contributed by atoms with E-state index in [0.717, 1.165) is 6.42 Å². The first-order valence-electron chi connectivity index (χ1n) is 5.68. The molecule has 1 aromatic carbocycles. The number of primary sulfonamides is 1. The fourth-order valence-corrected chi connectivity index (χ4v) is 3.24. The van der Waals surface area contributed by atoms with E-state index in [9.17, 15) is 22.0 Å². The van der Waals surface area contributed by atoms with Gasteiger partial charge in [0.25, 0.3) is 5.91 Å². The van der Waals surface area contributed by atoms with Crippen LogP contribution in [-0.2, 0) is 10.0 Å². The summed E-state index contributed by atoms with van der Waals surface area (Å²) in [5.74, 6) is -3.70. The van der Waals surface area contributed by atoms with Gasteiger partial charge in [-0.3, -0.25) is 4.79 Å². The Hall–Kier alpha value is -1.06. The monoisotopic (exact) mass is 370 g/mol. The van der Waals surface area contributed by atoms with Crippen LogP contribution in [0.4, 0.5) is 8.78 Å². The Kier molecular flexibility index (Phi) is 5.60. The summed E-state index contributed by atoms with van der Waals surface area (Å²) in [6.45, 7) is 2.11. The van der Waals surface area contributed by atoms with Crippen LogP contribution in [0.1, 0.15) is 30.1 Å². The minimum absolute atomic E-state index is 0.231. The molecule has 20 heavy (non-hydrogen) atoms. The molecular weight excluding hydrogens is 358 g/mol. The van der Waals surface area contributed by atoms with Gasteiger partial charge < -0.3 is 5.32 Å². The molecule has 1 aromatic rings. The van der Waals surface area contributed by atoms with E-state index in [1.54, 1.807) is 0 Å². The van der Waals surface area contributed by atoms with Gasteiger partial charge in [0.1, 0.15) is 16.3 Å². The van der Waals surface area contributed by atoms with Gasteiger partial charge in [0.05, 0.1) is 0 Å². The predicted octanol–water partition coefficient (Wildman–Crippen LogP) is 1.90. The molecule has 0 bridgehead atoms. The lowest BCUT2D eigenvalue weighted by Crippen LogP contribution is -2.28. The third-order valence-corrected chi connectivity index (χ3v) is 4.31. The van der Waals surface area contributed by atoms with Crippen molar-refractivity contribution < 1.29 is 22.0 Å². The predicted molar refractivity (Wildman–Crippen MR) is 72.7 cm³/mol. The summed E-state index contributed by atoms with van der Waals surface area (Å²) in [6.07, 6.45) is 1.42. The Bertz CT molecular complexity index is 635. The SMILES string of the molecule is CCCCNC(=O)c1c(F)cc(Br)c(S(N)(=O)=O)c1F. The summed E-state index contributed by atoms with van der Waals surface area (Å²) in [5.41, 5.74) is -0.965. The van der Waals surface area contributed by atoms with E-state index < -0.39 is 38.0 Å². The van der Waals surface area contributed by atoms with Crippen molar-refractivity contribution in [1.82, 2.24) is 5.32 Å². The zero-order valence-electron chi connectivity index (χ0n) is 10.5. The summed E-state index contributed by atoms with van der Waals surface area (Å²) in [7, 11) is -4.43. The van der Waals surface area contributed by atoms with E-state index in [1.165, 1.54) is 0 Å². The van der Waals surface area contributed by atoms with Crippen molar-refractivity contribution in [3.63, 3.8) is 0 Å². The van der Waals surface area contributed by atoms with Crippen LogP contribution in [-0.4, -0.2) is 20.9 Å². The molecular formula is C11H13BrF2N2O3S. The first kappa shape index (κ1) is 17.0. The van der Waals surface area contributed by atoms with Crippen LogP contribution in [0.3, 0.4) is 0 Å². The molecule has 0 unspecified atom stereocenters. The highest BCUT2D eigenvalue weighted by molar-refractivity contribution is 9.10. The largest absolute Gasteiger partial charge is 0.352 e. The van der Waals surface area contributed by atoms with Crippen LogP contribution in [0.15, 0.2) is 15.4 Å². The molecule has 5 nitrogen and oxygen atoms in total. The Morgan fingerprint density at radius 3 is 2.55 bits per heavy atom. The molecule has 0 heterocycles. The van der Waals surface area contributed by atoms with Gasteiger partial charge in [-0.05, 0) is 28.4 Å². The Morgan fingerprint density at radius 2 is 2.05 bits per heavy atom. The molecule has 0 atom stereocenters. The molecule has 0 aromatic heterocycles. The number of hydrogen-bond donors (Lipinski definition) is 2. The van der Waals surface area contributed by atoms with Crippen LogP contribution in [0.25, 0.3) is 0 Å². The van der Waals surface area contributed by atoms with Crippen molar-refractivity contribution >= 4 is 31.9 Å². The van der Waals surface area contributed by atoms with Gasteiger partial charge in [0.2, 0.25) is 10.0 Å². The van der Waals surface area contributed by atoms with Crippen LogP contribution < -0.4 is 10.5 Å². The summed E-state index contributed by atoms with van der Waals surface area (Å²) in [5, 5.41) is 7.16. The number of halogens is 3. The van der Waals surface area contributed by atoms with Crippen LogP contribution in [0.2, 0.25) is 0 Å². The molecule has 0 aliphatic rings. The first-order valence-corrected chi connectivity index (χ1v) is 8.02. The first-order chi connectivity index (χ1) is 9.20. The fourth-order valence-electron chi connectivity index (χ4n) is 1.51. The van der Waals surface area contributed by atoms with Crippen molar-refractivity contribution in [2.45, 2.75) is 24.7 Å². The summed E-state index contributed by atoms with van der Waals surface area (Å²) < 4.78 is 49.9. The van der Waals surface area contributed by atoms with E-state index in [-0.39, 0.29) is 11.0 Å². The average Bonchev–Trinajstić information content (AvgIpc) is 2.26. The second-order valence-corrected chi connectivity index (χ2v) is 6.37. The highest BCUT2D eigenvalue weighted by atomic mass is 79.9. The van der Waals surface area contributed by atoms with E-state index >= 15 is 0 Å². The third kappa shape index (κ3) is 3.74. The molecule has 0 spiro atoms. The molecule has 112 valence electrons. The maximum atomic E-state index is 14.1. The average molecular weight is 371 g/mol. The maximum Gasteiger partial charge on any atom is 0.257 e. The van der Waals surface area contributed by atoms with Crippen molar-refractivity contribution in [1.29, 1.82) is 0 Å². The molecule has 3 N–H and O–H groups in total. The molecule has 1 rings (SSSR count). The van der Waals surface area contributed by atoms with Gasteiger partial charge in [-0.2, -0.15) is 0 Å². The smallest absolute Gasteiger partial charge is 0.257 e. The van der Waals surface area contributed by atoms with Crippen LogP contribution >= 0.6 is 15.9 Å². The summed E-state index contributed by atoms with van der Waals surface area (Å²) in [6, 6.07) is 0.692. The number of carbonyl (C=O) groups is 1. The summed E-state index contributed by atoms with van der Waals surface area (Å²) in [4.78, 5) is 10.8. The standard InChI is InChI=1S/C11H13BrF2N2O3S/c1-2-3-4-16-11(17)8-7(13)5-6(12)10(9(8)14)20(15,18)19/h5H,2-4H2,1H3,(H,16,17)(H2,15,18,19). The molecule has 0 fully saturated rings. The van der Waals surface area contributed by atoms with Gasteiger partial charge in [-0.15, -0.1) is 0 Å². The molecule has 0 aliphatic heterocycles. The Labute approximate surface area is 123 Å². The van der Waals surface area contributed by atoms with E-state index in [0.29, 0.717) is 12.5 Å². The highest BCUT2D eigenvalue weighted by Crippen LogP contribution is 2.28. The molecule has 9 heteroatoms. The van der Waals surface area contributed by atoms with Crippen LogP contribution in [0.5, 0.6) is 0 Å². The minimum atomic E-state index is -4.43. The lowest BCUT2D eigenvalue weighted by molar-refractivity contribution is 0.0944. The van der Waals surface area contributed by atoms with E-state index in [4.69, 9.17) is 5.14 Å². The molecule has 0 radical (unpaired) electrons. The Balaban J connectivity index is 3.31. The van der Waals surface area contributed by atoms with Crippen molar-refractivity contribution in [3.05, 3.63) is 27.7 Å². The maximum absolute atomic E-state index is 14.1. The van der Waals surface area contributed by atoms with Crippen molar-refractivity contribution in [2.75, 3.05) is 6.54 Å². The number of benzene rings is 1. The molecule has 1 amide bonds. The number of rotatable bonds is 5. The zero-order valence-corrected chi connectivity index (χ0v) is 12.9. The van der Waals surface area contributed by atoms with Crippen molar-refractivity contribution in [3.8, 4) is 0 Å². The molecule has 0 saturated heterocycles. The van der Waals surface area contributed by atoms with Gasteiger partial charge >= 0.3 is 0 Å². The number of hydrogen-bond acceptors (Lipinski definition) is 3. The van der Waals surface area contributed by atoms with E-state index in [2.05, 4.69) is 21.2 Å². The molecule has 0 saturated carbocycles. The highest BCUT2D eigenvalue weighted by Gasteiger charge is 2.28. The van der Waals surface area contributed by atoms with Gasteiger partial charge in [-0.25, -0.2) is 22.3 Å². The summed E-state index contributed by atoms with van der Waals surface area (Å²) >= 11 is 2.71. The quantitative estimate of drug-likeness (QED) is 0.775. The number of nitrogens with one attached hydrogen (secondary N) is 1. The number of amides is 1.